The van der Waals surface area contributed by atoms with Crippen LogP contribution in [-0.2, 0) is 6.42 Å². The molecule has 0 saturated carbocycles. The maximum absolute atomic E-state index is 3.87. The molecule has 0 spiro atoms. The van der Waals surface area contributed by atoms with Gasteiger partial charge in [0.15, 0.2) is 0 Å². The molecule has 0 fully saturated rings. The van der Waals surface area contributed by atoms with Crippen molar-refractivity contribution in [3.63, 3.8) is 0 Å². The molecule has 0 nitrogen and oxygen atoms in total. The minimum absolute atomic E-state index is 0.385. The normalized spacial score (nSPS) is 12.5. The molecule has 1 atom stereocenters. The maximum Gasteiger partial charge on any atom is 0.0440 e. The predicted molar refractivity (Wildman–Crippen MR) is 87.2 cm³/mol. The van der Waals surface area contributed by atoms with E-state index in [0.29, 0.717) is 4.83 Å². The van der Waals surface area contributed by atoms with Gasteiger partial charge in [-0.05, 0) is 67.5 Å². The van der Waals surface area contributed by atoms with E-state index in [1.54, 1.807) is 0 Å². The molecule has 0 heterocycles. The second-order valence-corrected chi connectivity index (χ2v) is 6.50. The predicted octanol–water partition coefficient (Wildman–Crippen LogP) is 5.60. The minimum atomic E-state index is 0.385. The topological polar surface area (TPSA) is 0 Å². The van der Waals surface area contributed by atoms with Gasteiger partial charge in [-0.1, -0.05) is 52.3 Å². The zero-order valence-corrected chi connectivity index (χ0v) is 13.7. The van der Waals surface area contributed by atoms with Crippen LogP contribution >= 0.6 is 15.9 Å². The van der Waals surface area contributed by atoms with E-state index in [4.69, 9.17) is 0 Å². The molecule has 0 aromatic heterocycles. The van der Waals surface area contributed by atoms with Crippen molar-refractivity contribution in [1.82, 2.24) is 0 Å². The van der Waals surface area contributed by atoms with E-state index < -0.39 is 0 Å². The van der Waals surface area contributed by atoms with E-state index in [0.717, 1.165) is 6.42 Å². The van der Waals surface area contributed by atoms with Crippen molar-refractivity contribution < 1.29 is 0 Å². The SMILES string of the molecule is Cc1ccc(CC(Br)c2c(C)cccc2C)cc1C. The van der Waals surface area contributed by atoms with Gasteiger partial charge in [0.25, 0.3) is 0 Å². The first-order chi connectivity index (χ1) is 8.99. The average Bonchev–Trinajstić information content (AvgIpc) is 2.33. The molecule has 100 valence electrons. The molecule has 2 rings (SSSR count). The standard InChI is InChI=1S/C18H21Br/c1-12-8-9-16(10-15(12)4)11-17(19)18-13(2)6-5-7-14(18)3/h5-10,17H,11H2,1-4H3. The summed E-state index contributed by atoms with van der Waals surface area (Å²) >= 11 is 3.87. The average molecular weight is 317 g/mol. The van der Waals surface area contributed by atoms with Gasteiger partial charge < -0.3 is 0 Å². The summed E-state index contributed by atoms with van der Waals surface area (Å²) in [6.07, 6.45) is 1.03. The summed E-state index contributed by atoms with van der Waals surface area (Å²) in [5.74, 6) is 0. The summed E-state index contributed by atoms with van der Waals surface area (Å²) in [5.41, 5.74) is 8.30. The second kappa shape index (κ2) is 5.92. The lowest BCUT2D eigenvalue weighted by Gasteiger charge is -2.16. The molecular formula is C18H21Br. The van der Waals surface area contributed by atoms with Crippen LogP contribution in [0.1, 0.15) is 38.2 Å². The van der Waals surface area contributed by atoms with Crippen LogP contribution in [0, 0.1) is 27.7 Å². The monoisotopic (exact) mass is 316 g/mol. The van der Waals surface area contributed by atoms with Crippen molar-refractivity contribution in [2.75, 3.05) is 0 Å². The highest BCUT2D eigenvalue weighted by atomic mass is 79.9. The highest BCUT2D eigenvalue weighted by Crippen LogP contribution is 2.32. The van der Waals surface area contributed by atoms with E-state index in [9.17, 15) is 0 Å². The fourth-order valence-corrected chi connectivity index (χ4v) is 3.66. The Morgan fingerprint density at radius 3 is 2.05 bits per heavy atom. The molecule has 0 N–H and O–H groups in total. The Balaban J connectivity index is 2.25. The van der Waals surface area contributed by atoms with Crippen LogP contribution in [0.15, 0.2) is 36.4 Å². The number of aryl methyl sites for hydroxylation is 4. The molecule has 0 radical (unpaired) electrons. The van der Waals surface area contributed by atoms with Crippen LogP contribution in [-0.4, -0.2) is 0 Å². The molecule has 2 aromatic rings. The quantitative estimate of drug-likeness (QED) is 0.647. The Hall–Kier alpha value is -1.08. The van der Waals surface area contributed by atoms with Crippen LogP contribution in [0.25, 0.3) is 0 Å². The smallest absolute Gasteiger partial charge is 0.0440 e. The van der Waals surface area contributed by atoms with Gasteiger partial charge in [-0.2, -0.15) is 0 Å². The number of hydrogen-bond donors (Lipinski definition) is 0. The van der Waals surface area contributed by atoms with Crippen molar-refractivity contribution in [3.05, 3.63) is 69.8 Å². The van der Waals surface area contributed by atoms with Gasteiger partial charge in [0.1, 0.15) is 0 Å². The van der Waals surface area contributed by atoms with E-state index in [-0.39, 0.29) is 0 Å². The third-order valence-electron chi connectivity index (χ3n) is 3.84. The van der Waals surface area contributed by atoms with Crippen molar-refractivity contribution >= 4 is 15.9 Å². The molecule has 0 saturated heterocycles. The molecule has 0 bridgehead atoms. The lowest BCUT2D eigenvalue weighted by molar-refractivity contribution is 0.924. The summed E-state index contributed by atoms with van der Waals surface area (Å²) in [6, 6.07) is 13.3. The fourth-order valence-electron chi connectivity index (χ4n) is 2.56. The molecule has 19 heavy (non-hydrogen) atoms. The number of halogens is 1. The van der Waals surface area contributed by atoms with Gasteiger partial charge in [0.2, 0.25) is 0 Å². The molecule has 1 unspecified atom stereocenters. The first-order valence-electron chi connectivity index (χ1n) is 6.75. The fraction of sp³-hybridized carbons (Fsp3) is 0.333. The van der Waals surface area contributed by atoms with Gasteiger partial charge in [-0.25, -0.2) is 0 Å². The van der Waals surface area contributed by atoms with Crippen molar-refractivity contribution in [1.29, 1.82) is 0 Å². The summed E-state index contributed by atoms with van der Waals surface area (Å²) in [7, 11) is 0. The first-order valence-corrected chi connectivity index (χ1v) is 7.67. The van der Waals surface area contributed by atoms with Crippen molar-refractivity contribution in [3.8, 4) is 0 Å². The van der Waals surface area contributed by atoms with Crippen LogP contribution in [0.5, 0.6) is 0 Å². The third-order valence-corrected chi connectivity index (χ3v) is 4.62. The lowest BCUT2D eigenvalue weighted by Crippen LogP contribution is -2.01. The van der Waals surface area contributed by atoms with Gasteiger partial charge in [-0.15, -0.1) is 0 Å². The number of benzene rings is 2. The highest BCUT2D eigenvalue weighted by Gasteiger charge is 2.13. The largest absolute Gasteiger partial charge is 0.0835 e. The molecule has 1 heteroatoms. The zero-order valence-electron chi connectivity index (χ0n) is 12.1. The first kappa shape index (κ1) is 14.3. The molecule has 0 amide bonds. The summed E-state index contributed by atoms with van der Waals surface area (Å²) in [6.45, 7) is 8.73. The van der Waals surface area contributed by atoms with Gasteiger partial charge in [0, 0.05) is 4.83 Å². The molecular weight excluding hydrogens is 296 g/mol. The third kappa shape index (κ3) is 3.27. The van der Waals surface area contributed by atoms with E-state index in [1.165, 1.54) is 33.4 Å². The van der Waals surface area contributed by atoms with E-state index in [2.05, 4.69) is 80.0 Å². The van der Waals surface area contributed by atoms with Crippen LogP contribution in [0.2, 0.25) is 0 Å². The van der Waals surface area contributed by atoms with Crippen LogP contribution in [0.3, 0.4) is 0 Å². The van der Waals surface area contributed by atoms with E-state index in [1.807, 2.05) is 0 Å². The molecule has 2 aromatic carbocycles. The number of rotatable bonds is 3. The van der Waals surface area contributed by atoms with Gasteiger partial charge in [-0.3, -0.25) is 0 Å². The van der Waals surface area contributed by atoms with Crippen LogP contribution in [0.4, 0.5) is 0 Å². The Morgan fingerprint density at radius 2 is 1.47 bits per heavy atom. The number of hydrogen-bond acceptors (Lipinski definition) is 0. The maximum atomic E-state index is 3.87. The van der Waals surface area contributed by atoms with Gasteiger partial charge in [0.05, 0.1) is 0 Å². The van der Waals surface area contributed by atoms with E-state index >= 15 is 0 Å². The van der Waals surface area contributed by atoms with Gasteiger partial charge >= 0.3 is 0 Å². The van der Waals surface area contributed by atoms with Crippen LogP contribution < -0.4 is 0 Å². The highest BCUT2D eigenvalue weighted by molar-refractivity contribution is 9.09. The Bertz CT molecular complexity index is 564. The Kier molecular flexibility index (Phi) is 4.46. The Morgan fingerprint density at radius 1 is 0.842 bits per heavy atom. The molecule has 0 aliphatic carbocycles. The second-order valence-electron chi connectivity index (χ2n) is 5.40. The van der Waals surface area contributed by atoms with Crippen molar-refractivity contribution in [2.24, 2.45) is 0 Å². The van der Waals surface area contributed by atoms with Crippen molar-refractivity contribution in [2.45, 2.75) is 38.9 Å². The Labute approximate surface area is 125 Å². The summed E-state index contributed by atoms with van der Waals surface area (Å²) < 4.78 is 0. The minimum Gasteiger partial charge on any atom is -0.0835 e. The molecule has 0 aliphatic heterocycles. The lowest BCUT2D eigenvalue weighted by atomic mass is 9.95. The number of alkyl halides is 1. The zero-order chi connectivity index (χ0) is 14.0. The summed E-state index contributed by atoms with van der Waals surface area (Å²) in [5, 5.41) is 0. The summed E-state index contributed by atoms with van der Waals surface area (Å²) in [4.78, 5) is 0.385. The molecule has 0 aliphatic rings.